The predicted octanol–water partition coefficient (Wildman–Crippen LogP) is 4.44. The number of rotatable bonds is 8. The van der Waals surface area contributed by atoms with Crippen molar-refractivity contribution in [1.29, 1.82) is 0 Å². The highest BCUT2D eigenvalue weighted by Crippen LogP contribution is 2.44. The van der Waals surface area contributed by atoms with Crippen molar-refractivity contribution in [2.24, 2.45) is 0 Å². The van der Waals surface area contributed by atoms with Gasteiger partial charge >= 0.3 is 12.1 Å². The van der Waals surface area contributed by atoms with E-state index in [1.165, 1.54) is 11.1 Å². The minimum absolute atomic E-state index is 0.0600. The molecule has 1 aliphatic rings. The zero-order chi connectivity index (χ0) is 23.4. The third kappa shape index (κ3) is 4.88. The molecule has 0 bridgehead atoms. The number of ether oxygens (including phenoxy) is 1. The molecule has 1 aliphatic carbocycles. The number of aromatic nitrogens is 1. The van der Waals surface area contributed by atoms with Gasteiger partial charge < -0.3 is 14.7 Å². The maximum Gasteiger partial charge on any atom is 0.413 e. The summed E-state index contributed by atoms with van der Waals surface area (Å²) in [6, 6.07) is 16.1. The van der Waals surface area contributed by atoms with E-state index in [1.807, 2.05) is 43.3 Å². The monoisotopic (exact) mass is 465 g/mol. The van der Waals surface area contributed by atoms with Gasteiger partial charge in [-0.05, 0) is 28.7 Å². The number of hydrogen-bond acceptors (Lipinski definition) is 6. The van der Waals surface area contributed by atoms with Crippen molar-refractivity contribution < 1.29 is 24.2 Å². The lowest BCUT2D eigenvalue weighted by Gasteiger charge is -2.18. The summed E-state index contributed by atoms with van der Waals surface area (Å²) in [6.07, 6.45) is 1.29. The molecule has 170 valence electrons. The van der Waals surface area contributed by atoms with Crippen molar-refractivity contribution in [3.63, 3.8) is 0 Å². The van der Waals surface area contributed by atoms with E-state index in [4.69, 9.17) is 9.84 Å². The highest BCUT2D eigenvalue weighted by molar-refractivity contribution is 7.17. The average Bonchev–Trinajstić information content (AvgIpc) is 3.39. The Kier molecular flexibility index (Phi) is 6.69. The molecule has 0 saturated carbocycles. The van der Waals surface area contributed by atoms with Crippen LogP contribution in [0.25, 0.3) is 11.1 Å². The molecule has 0 aliphatic heterocycles. The van der Waals surface area contributed by atoms with Crippen LogP contribution >= 0.6 is 11.3 Å². The number of nitrogens with one attached hydrogen (secondary N) is 1. The summed E-state index contributed by atoms with van der Waals surface area (Å²) < 4.78 is 5.50. The summed E-state index contributed by atoms with van der Waals surface area (Å²) in [5.74, 6) is -1.58. The highest BCUT2D eigenvalue weighted by atomic mass is 32.1. The molecule has 8 nitrogen and oxygen atoms in total. The zero-order valence-electron chi connectivity index (χ0n) is 18.0. The molecule has 3 aromatic rings. The first-order valence-electron chi connectivity index (χ1n) is 10.6. The Hall–Kier alpha value is -3.72. The largest absolute Gasteiger partial charge is 0.480 e. The van der Waals surface area contributed by atoms with Crippen LogP contribution in [0.1, 0.15) is 40.1 Å². The molecule has 9 heteroatoms. The minimum Gasteiger partial charge on any atom is -0.480 e. The van der Waals surface area contributed by atoms with Gasteiger partial charge in [-0.3, -0.25) is 14.9 Å². The van der Waals surface area contributed by atoms with E-state index in [9.17, 15) is 14.4 Å². The van der Waals surface area contributed by atoms with E-state index < -0.39 is 18.0 Å². The van der Waals surface area contributed by atoms with Crippen LogP contribution < -0.4 is 5.32 Å². The highest BCUT2D eigenvalue weighted by Gasteiger charge is 2.29. The molecule has 2 amide bonds. The van der Waals surface area contributed by atoms with Crippen LogP contribution in [-0.4, -0.2) is 52.7 Å². The molecule has 0 atom stereocenters. The third-order valence-electron chi connectivity index (χ3n) is 5.38. The molecular formula is C24H23N3O5S. The molecule has 33 heavy (non-hydrogen) atoms. The van der Waals surface area contributed by atoms with Gasteiger partial charge in [0.05, 0.1) is 6.20 Å². The van der Waals surface area contributed by atoms with Crippen LogP contribution in [-0.2, 0) is 9.53 Å². The van der Waals surface area contributed by atoms with Crippen molar-refractivity contribution in [1.82, 2.24) is 9.88 Å². The van der Waals surface area contributed by atoms with Crippen LogP contribution in [0.15, 0.2) is 54.7 Å². The van der Waals surface area contributed by atoms with Gasteiger partial charge in [-0.2, -0.15) is 0 Å². The molecule has 1 heterocycles. The number of aliphatic carboxylic acids is 1. The van der Waals surface area contributed by atoms with Crippen LogP contribution in [0.2, 0.25) is 0 Å². The minimum atomic E-state index is -1.08. The second-order valence-electron chi connectivity index (χ2n) is 7.60. The molecule has 2 N–H and O–H groups in total. The number of carbonyl (C=O) groups is 3. The van der Waals surface area contributed by atoms with E-state index in [-0.39, 0.29) is 29.1 Å². The summed E-state index contributed by atoms with van der Waals surface area (Å²) in [4.78, 5) is 41.6. The molecular weight excluding hydrogens is 442 g/mol. The van der Waals surface area contributed by atoms with Crippen LogP contribution in [0, 0.1) is 0 Å². The second-order valence-corrected chi connectivity index (χ2v) is 8.63. The Labute approximate surface area is 194 Å². The third-order valence-corrected chi connectivity index (χ3v) is 6.28. The average molecular weight is 466 g/mol. The van der Waals surface area contributed by atoms with E-state index >= 15 is 0 Å². The molecule has 1 aromatic heterocycles. The van der Waals surface area contributed by atoms with E-state index in [1.54, 1.807) is 0 Å². The number of carboxylic acid groups (broad SMARTS) is 1. The predicted molar refractivity (Wildman–Crippen MR) is 125 cm³/mol. The van der Waals surface area contributed by atoms with Crippen LogP contribution in [0.4, 0.5) is 9.93 Å². The van der Waals surface area contributed by atoms with Crippen LogP contribution in [0.5, 0.6) is 0 Å². The van der Waals surface area contributed by atoms with Gasteiger partial charge in [0.25, 0.3) is 5.91 Å². The molecule has 0 radical (unpaired) electrons. The fourth-order valence-electron chi connectivity index (χ4n) is 3.99. The van der Waals surface area contributed by atoms with Crippen molar-refractivity contribution in [2.75, 3.05) is 25.0 Å². The fourth-order valence-corrected chi connectivity index (χ4v) is 4.76. The van der Waals surface area contributed by atoms with E-state index in [2.05, 4.69) is 22.4 Å². The Morgan fingerprint density at radius 1 is 1.09 bits per heavy atom. The van der Waals surface area contributed by atoms with Gasteiger partial charge in [-0.15, -0.1) is 0 Å². The second kappa shape index (κ2) is 9.83. The topological polar surface area (TPSA) is 109 Å². The number of carbonyl (C=O) groups excluding carboxylic acids is 2. The molecule has 0 fully saturated rings. The normalized spacial score (nSPS) is 12.0. The van der Waals surface area contributed by atoms with Crippen molar-refractivity contribution >= 4 is 34.4 Å². The van der Waals surface area contributed by atoms with E-state index in [0.717, 1.165) is 33.6 Å². The first-order valence-corrected chi connectivity index (χ1v) is 11.4. The number of hydrogen-bond donors (Lipinski definition) is 2. The van der Waals surface area contributed by atoms with Crippen molar-refractivity contribution in [3.05, 3.63) is 70.7 Å². The number of amides is 2. The Morgan fingerprint density at radius 2 is 1.73 bits per heavy atom. The molecule has 4 rings (SSSR count). The Bertz CT molecular complexity index is 1150. The van der Waals surface area contributed by atoms with Gasteiger partial charge in [-0.1, -0.05) is 66.8 Å². The molecule has 0 saturated heterocycles. The maximum absolute atomic E-state index is 12.6. The molecule has 0 spiro atoms. The number of anilines is 1. The first kappa shape index (κ1) is 22.5. The lowest BCUT2D eigenvalue weighted by molar-refractivity contribution is -0.137. The standard InChI is InChI=1S/C24H23N3O5S/c1-2-11-27(13-21(28)29)22(30)20-12-25-23(33-20)26-24(31)32-14-19-17-9-5-3-7-15(17)16-8-4-6-10-18(16)19/h3-10,12,19H,2,11,13-14H2,1H3,(H,28,29)(H,25,26,31). The van der Waals surface area contributed by atoms with E-state index in [0.29, 0.717) is 13.0 Å². The summed E-state index contributed by atoms with van der Waals surface area (Å²) >= 11 is 0.979. The van der Waals surface area contributed by atoms with Gasteiger partial charge in [0.1, 0.15) is 18.0 Å². The molecule has 2 aromatic carbocycles. The summed E-state index contributed by atoms with van der Waals surface area (Å²) in [6.45, 7) is 1.96. The Balaban J connectivity index is 1.39. The van der Waals surface area contributed by atoms with Gasteiger partial charge in [0, 0.05) is 12.5 Å². The quantitative estimate of drug-likeness (QED) is 0.509. The van der Waals surface area contributed by atoms with Crippen molar-refractivity contribution in [3.8, 4) is 11.1 Å². The van der Waals surface area contributed by atoms with Gasteiger partial charge in [0.2, 0.25) is 0 Å². The smallest absolute Gasteiger partial charge is 0.413 e. The zero-order valence-corrected chi connectivity index (χ0v) is 18.8. The number of carboxylic acids is 1. The lowest BCUT2D eigenvalue weighted by Crippen LogP contribution is -2.35. The SMILES string of the molecule is CCCN(CC(=O)O)C(=O)c1cnc(NC(=O)OCC2c3ccccc3-c3ccccc32)s1. The van der Waals surface area contributed by atoms with Gasteiger partial charge in [-0.25, -0.2) is 9.78 Å². The molecule has 0 unspecified atom stereocenters. The summed E-state index contributed by atoms with van der Waals surface area (Å²) in [7, 11) is 0. The first-order chi connectivity index (χ1) is 16.0. The van der Waals surface area contributed by atoms with Crippen LogP contribution in [0.3, 0.4) is 0 Å². The maximum atomic E-state index is 12.6. The number of nitrogens with zero attached hydrogens (tertiary/aromatic N) is 2. The van der Waals surface area contributed by atoms with Gasteiger partial charge in [0.15, 0.2) is 5.13 Å². The summed E-state index contributed by atoms with van der Waals surface area (Å²) in [5, 5.41) is 11.8. The fraction of sp³-hybridized carbons (Fsp3) is 0.250. The van der Waals surface area contributed by atoms with Crippen molar-refractivity contribution in [2.45, 2.75) is 19.3 Å². The number of fused-ring (bicyclic) bond motifs is 3. The summed E-state index contributed by atoms with van der Waals surface area (Å²) in [5.41, 5.74) is 4.51. The number of thiazole rings is 1. The Morgan fingerprint density at radius 3 is 2.33 bits per heavy atom. The number of benzene rings is 2. The lowest BCUT2D eigenvalue weighted by atomic mass is 9.98.